The second-order valence-electron chi connectivity index (χ2n) is 5.14. The number of nitrogens with one attached hydrogen (secondary N) is 3. The largest absolute Gasteiger partial charge is 0.374 e. The monoisotopic (exact) mass is 305 g/mol. The minimum Gasteiger partial charge on any atom is -0.374 e. The first-order valence-corrected chi connectivity index (χ1v) is 7.06. The van der Waals surface area contributed by atoms with Crippen molar-refractivity contribution in [3.8, 4) is 0 Å². The third-order valence-electron chi connectivity index (χ3n) is 3.54. The van der Waals surface area contributed by atoms with Crippen LogP contribution in [-0.2, 0) is 4.74 Å². The van der Waals surface area contributed by atoms with E-state index in [0.29, 0.717) is 30.6 Å². The molecule has 1 saturated heterocycles. The van der Waals surface area contributed by atoms with Gasteiger partial charge in [0, 0.05) is 31.1 Å². The summed E-state index contributed by atoms with van der Waals surface area (Å²) in [5.74, 6) is -0.848. The Morgan fingerprint density at radius 3 is 3.05 bits per heavy atom. The van der Waals surface area contributed by atoms with Crippen LogP contribution in [0.4, 0.5) is 4.39 Å². The lowest BCUT2D eigenvalue weighted by atomic mass is 10.1. The lowest BCUT2D eigenvalue weighted by Gasteiger charge is -2.23. The number of carbonyl (C=O) groups excluding carboxylic acids is 1. The van der Waals surface area contributed by atoms with E-state index in [2.05, 4.69) is 15.6 Å². The Morgan fingerprint density at radius 1 is 1.41 bits per heavy atom. The number of carbonyl (C=O) groups is 1. The highest BCUT2D eigenvalue weighted by Gasteiger charge is 2.17. The molecule has 1 aliphatic rings. The van der Waals surface area contributed by atoms with E-state index in [0.717, 1.165) is 6.54 Å². The maximum atomic E-state index is 13.2. The third-order valence-corrected chi connectivity index (χ3v) is 3.54. The van der Waals surface area contributed by atoms with Crippen LogP contribution in [0.25, 0.3) is 10.9 Å². The Balaban J connectivity index is 1.82. The summed E-state index contributed by atoms with van der Waals surface area (Å²) in [4.78, 5) is 26.5. The van der Waals surface area contributed by atoms with Crippen LogP contribution < -0.4 is 16.2 Å². The molecule has 0 spiro atoms. The van der Waals surface area contributed by atoms with Crippen LogP contribution in [0.15, 0.2) is 29.1 Å². The van der Waals surface area contributed by atoms with Crippen molar-refractivity contribution in [1.82, 2.24) is 15.6 Å². The van der Waals surface area contributed by atoms with Crippen molar-refractivity contribution >= 4 is 16.8 Å². The molecule has 0 bridgehead atoms. The number of pyridine rings is 1. The fourth-order valence-electron chi connectivity index (χ4n) is 2.47. The van der Waals surface area contributed by atoms with Crippen molar-refractivity contribution in [2.24, 2.45) is 0 Å². The van der Waals surface area contributed by atoms with Crippen LogP contribution >= 0.6 is 0 Å². The van der Waals surface area contributed by atoms with Crippen LogP contribution in [0.3, 0.4) is 0 Å². The van der Waals surface area contributed by atoms with Crippen LogP contribution in [0, 0.1) is 5.82 Å². The number of amides is 1. The van der Waals surface area contributed by atoms with Gasteiger partial charge in [-0.2, -0.15) is 0 Å². The normalized spacial score (nSPS) is 18.3. The number of H-pyrrole nitrogens is 1. The van der Waals surface area contributed by atoms with Gasteiger partial charge in [-0.25, -0.2) is 4.39 Å². The number of aromatic amines is 1. The van der Waals surface area contributed by atoms with E-state index in [-0.39, 0.29) is 17.6 Å². The molecule has 0 unspecified atom stereocenters. The number of benzene rings is 1. The van der Waals surface area contributed by atoms with E-state index in [1.54, 1.807) is 0 Å². The van der Waals surface area contributed by atoms with Crippen molar-refractivity contribution in [1.29, 1.82) is 0 Å². The molecule has 22 heavy (non-hydrogen) atoms. The number of hydrogen-bond donors (Lipinski definition) is 3. The summed E-state index contributed by atoms with van der Waals surface area (Å²) in [7, 11) is 0. The number of rotatable bonds is 3. The summed E-state index contributed by atoms with van der Waals surface area (Å²) >= 11 is 0. The number of morpholine rings is 1. The number of aromatic nitrogens is 1. The molecule has 1 fully saturated rings. The first kappa shape index (κ1) is 14.7. The molecule has 1 amide bonds. The molecular weight excluding hydrogens is 289 g/mol. The van der Waals surface area contributed by atoms with Crippen LogP contribution in [0.2, 0.25) is 0 Å². The van der Waals surface area contributed by atoms with E-state index in [1.165, 1.54) is 24.3 Å². The molecule has 0 aliphatic carbocycles. The van der Waals surface area contributed by atoms with Crippen LogP contribution in [0.5, 0.6) is 0 Å². The van der Waals surface area contributed by atoms with Crippen molar-refractivity contribution in [3.05, 3.63) is 46.0 Å². The van der Waals surface area contributed by atoms with Gasteiger partial charge < -0.3 is 20.4 Å². The second kappa shape index (κ2) is 6.25. The molecular formula is C15H16FN3O3. The zero-order chi connectivity index (χ0) is 15.5. The van der Waals surface area contributed by atoms with Gasteiger partial charge in [-0.05, 0) is 18.2 Å². The van der Waals surface area contributed by atoms with Crippen molar-refractivity contribution < 1.29 is 13.9 Å². The zero-order valence-corrected chi connectivity index (χ0v) is 11.8. The average Bonchev–Trinajstić information content (AvgIpc) is 2.52. The molecule has 3 N–H and O–H groups in total. The van der Waals surface area contributed by atoms with Crippen LogP contribution in [-0.4, -0.2) is 43.2 Å². The minimum atomic E-state index is -0.470. The Bertz CT molecular complexity index is 753. The first-order valence-electron chi connectivity index (χ1n) is 7.06. The molecule has 1 aromatic heterocycles. The van der Waals surface area contributed by atoms with Gasteiger partial charge in [-0.1, -0.05) is 0 Å². The predicted octanol–water partition coefficient (Wildman–Crippen LogP) is 0.385. The van der Waals surface area contributed by atoms with Gasteiger partial charge in [-0.15, -0.1) is 0 Å². The molecule has 1 atom stereocenters. The Hall–Kier alpha value is -2.25. The molecule has 1 aromatic carbocycles. The molecule has 3 rings (SSSR count). The SMILES string of the molecule is O=C(NC[C@H]1CNCCO1)c1cc(=O)[nH]c2cc(F)ccc12. The molecule has 0 saturated carbocycles. The molecule has 2 aromatic rings. The van der Waals surface area contributed by atoms with Gasteiger partial charge in [0.15, 0.2) is 0 Å². The highest BCUT2D eigenvalue weighted by atomic mass is 19.1. The van der Waals surface area contributed by atoms with Gasteiger partial charge >= 0.3 is 0 Å². The van der Waals surface area contributed by atoms with E-state index < -0.39 is 11.4 Å². The quantitative estimate of drug-likeness (QED) is 0.766. The predicted molar refractivity (Wildman–Crippen MR) is 79.5 cm³/mol. The first-order chi connectivity index (χ1) is 10.6. The maximum absolute atomic E-state index is 13.2. The Labute approximate surface area is 125 Å². The Morgan fingerprint density at radius 2 is 2.27 bits per heavy atom. The third kappa shape index (κ3) is 3.15. The minimum absolute atomic E-state index is 0.0941. The summed E-state index contributed by atoms with van der Waals surface area (Å²) in [5.41, 5.74) is 0.0783. The standard InChI is InChI=1S/C15H16FN3O3/c16-9-1-2-11-12(6-14(20)19-13(11)5-9)15(21)18-8-10-7-17-3-4-22-10/h1-2,5-6,10,17H,3-4,7-8H2,(H,18,21)(H,19,20)/t10-/m1/s1. The summed E-state index contributed by atoms with van der Waals surface area (Å²) in [6.07, 6.45) is -0.0941. The van der Waals surface area contributed by atoms with Gasteiger partial charge in [0.2, 0.25) is 5.56 Å². The average molecular weight is 305 g/mol. The van der Waals surface area contributed by atoms with E-state index >= 15 is 0 Å². The molecule has 1 aliphatic heterocycles. The zero-order valence-electron chi connectivity index (χ0n) is 11.8. The topological polar surface area (TPSA) is 83.2 Å². The lowest BCUT2D eigenvalue weighted by molar-refractivity contribution is 0.0287. The molecule has 6 nitrogen and oxygen atoms in total. The molecule has 0 radical (unpaired) electrons. The van der Waals surface area contributed by atoms with Gasteiger partial charge in [0.05, 0.1) is 23.8 Å². The molecule has 2 heterocycles. The number of ether oxygens (including phenoxy) is 1. The Kier molecular flexibility index (Phi) is 4.17. The van der Waals surface area contributed by atoms with Crippen LogP contribution in [0.1, 0.15) is 10.4 Å². The summed E-state index contributed by atoms with van der Waals surface area (Å²) in [5, 5.41) is 6.42. The molecule has 7 heteroatoms. The van der Waals surface area contributed by atoms with Gasteiger partial charge in [-0.3, -0.25) is 9.59 Å². The fourth-order valence-corrected chi connectivity index (χ4v) is 2.47. The highest BCUT2D eigenvalue weighted by Crippen LogP contribution is 2.16. The number of fused-ring (bicyclic) bond motifs is 1. The molecule has 116 valence electrons. The number of halogens is 1. The van der Waals surface area contributed by atoms with Crippen molar-refractivity contribution in [3.63, 3.8) is 0 Å². The second-order valence-corrected chi connectivity index (χ2v) is 5.14. The summed E-state index contributed by atoms with van der Waals surface area (Å²) in [6.45, 7) is 2.42. The van der Waals surface area contributed by atoms with E-state index in [4.69, 9.17) is 4.74 Å². The van der Waals surface area contributed by atoms with E-state index in [1.807, 2.05) is 0 Å². The fraction of sp³-hybridized carbons (Fsp3) is 0.333. The summed E-state index contributed by atoms with van der Waals surface area (Å²) < 4.78 is 18.7. The van der Waals surface area contributed by atoms with E-state index in [9.17, 15) is 14.0 Å². The van der Waals surface area contributed by atoms with Crippen molar-refractivity contribution in [2.75, 3.05) is 26.2 Å². The van der Waals surface area contributed by atoms with Gasteiger partial charge in [0.1, 0.15) is 5.82 Å². The smallest absolute Gasteiger partial charge is 0.252 e. The highest BCUT2D eigenvalue weighted by molar-refractivity contribution is 6.05. The maximum Gasteiger partial charge on any atom is 0.252 e. The van der Waals surface area contributed by atoms with Gasteiger partial charge in [0.25, 0.3) is 5.91 Å². The summed E-state index contributed by atoms with van der Waals surface area (Å²) in [6, 6.07) is 5.15. The lowest BCUT2D eigenvalue weighted by Crippen LogP contribution is -2.45. The number of hydrogen-bond acceptors (Lipinski definition) is 4. The van der Waals surface area contributed by atoms with Crippen molar-refractivity contribution in [2.45, 2.75) is 6.10 Å².